The summed E-state index contributed by atoms with van der Waals surface area (Å²) in [6.07, 6.45) is 0. The SMILES string of the molecule is COc1ccc(Br)cc1C(CN)N(CC(C)C)CC(C)C. The van der Waals surface area contributed by atoms with E-state index in [1.807, 2.05) is 12.1 Å². The van der Waals surface area contributed by atoms with Crippen LogP contribution in [0.4, 0.5) is 0 Å². The van der Waals surface area contributed by atoms with Gasteiger partial charge in [-0.05, 0) is 30.0 Å². The molecule has 0 saturated carbocycles. The summed E-state index contributed by atoms with van der Waals surface area (Å²) in [5, 5.41) is 0. The molecule has 2 N–H and O–H groups in total. The minimum absolute atomic E-state index is 0.183. The van der Waals surface area contributed by atoms with Gasteiger partial charge in [-0.1, -0.05) is 43.6 Å². The Bertz CT molecular complexity index is 425. The second kappa shape index (κ2) is 8.76. The van der Waals surface area contributed by atoms with Crippen LogP contribution in [0.5, 0.6) is 5.75 Å². The second-order valence-electron chi connectivity index (χ2n) is 6.38. The van der Waals surface area contributed by atoms with Gasteiger partial charge in [-0.3, -0.25) is 4.90 Å². The van der Waals surface area contributed by atoms with E-state index in [9.17, 15) is 0 Å². The highest BCUT2D eigenvalue weighted by atomic mass is 79.9. The summed E-state index contributed by atoms with van der Waals surface area (Å²) in [4.78, 5) is 2.49. The molecule has 0 aromatic heterocycles. The Morgan fingerprint density at radius 3 is 2.14 bits per heavy atom. The Balaban J connectivity index is 3.14. The van der Waals surface area contributed by atoms with Gasteiger partial charge < -0.3 is 10.5 Å². The molecule has 4 heteroatoms. The maximum Gasteiger partial charge on any atom is 0.123 e. The van der Waals surface area contributed by atoms with E-state index in [1.165, 1.54) is 0 Å². The highest BCUT2D eigenvalue weighted by Gasteiger charge is 2.23. The first-order valence-corrected chi connectivity index (χ1v) is 8.45. The van der Waals surface area contributed by atoms with Crippen LogP contribution in [0.1, 0.15) is 39.3 Å². The Hall–Kier alpha value is -0.580. The fourth-order valence-electron chi connectivity index (χ4n) is 2.71. The Kier molecular flexibility index (Phi) is 7.71. The fraction of sp³-hybridized carbons (Fsp3) is 0.647. The van der Waals surface area contributed by atoms with Crippen molar-refractivity contribution in [3.8, 4) is 5.75 Å². The molecule has 1 atom stereocenters. The third-order valence-electron chi connectivity index (χ3n) is 3.41. The molecule has 1 rings (SSSR count). The third-order valence-corrected chi connectivity index (χ3v) is 3.91. The molecule has 0 saturated heterocycles. The van der Waals surface area contributed by atoms with Crippen LogP contribution in [0.15, 0.2) is 22.7 Å². The first-order valence-electron chi connectivity index (χ1n) is 7.66. The van der Waals surface area contributed by atoms with Gasteiger partial charge >= 0.3 is 0 Å². The predicted molar refractivity (Wildman–Crippen MR) is 93.7 cm³/mol. The van der Waals surface area contributed by atoms with Gasteiger partial charge in [0.25, 0.3) is 0 Å². The minimum atomic E-state index is 0.183. The van der Waals surface area contributed by atoms with Gasteiger partial charge in [-0.25, -0.2) is 0 Å². The molecule has 21 heavy (non-hydrogen) atoms. The average molecular weight is 357 g/mol. The van der Waals surface area contributed by atoms with Crippen molar-refractivity contribution in [2.45, 2.75) is 33.7 Å². The topological polar surface area (TPSA) is 38.5 Å². The summed E-state index contributed by atoms with van der Waals surface area (Å²) in [7, 11) is 1.72. The second-order valence-corrected chi connectivity index (χ2v) is 7.30. The lowest BCUT2D eigenvalue weighted by Gasteiger charge is -2.34. The molecule has 1 unspecified atom stereocenters. The van der Waals surface area contributed by atoms with Gasteiger partial charge in [0, 0.05) is 29.7 Å². The van der Waals surface area contributed by atoms with Crippen LogP contribution in [0.2, 0.25) is 0 Å². The van der Waals surface area contributed by atoms with E-state index >= 15 is 0 Å². The molecule has 0 fully saturated rings. The molecular formula is C17H29BrN2O. The normalized spacial score (nSPS) is 13.2. The van der Waals surface area contributed by atoms with Crippen molar-refractivity contribution in [2.24, 2.45) is 17.6 Å². The monoisotopic (exact) mass is 356 g/mol. The highest BCUT2D eigenvalue weighted by Crippen LogP contribution is 2.32. The zero-order chi connectivity index (χ0) is 16.0. The molecule has 1 aromatic rings. The lowest BCUT2D eigenvalue weighted by Crippen LogP contribution is -2.38. The molecule has 0 heterocycles. The number of nitrogens with two attached hydrogens (primary N) is 1. The summed E-state index contributed by atoms with van der Waals surface area (Å²) < 4.78 is 6.60. The van der Waals surface area contributed by atoms with Crippen molar-refractivity contribution in [1.82, 2.24) is 4.90 Å². The van der Waals surface area contributed by atoms with E-state index in [-0.39, 0.29) is 6.04 Å². The summed E-state index contributed by atoms with van der Waals surface area (Å²) >= 11 is 3.56. The van der Waals surface area contributed by atoms with Gasteiger partial charge in [0.05, 0.1) is 13.2 Å². The number of rotatable bonds is 8. The van der Waals surface area contributed by atoms with Gasteiger partial charge in [0.2, 0.25) is 0 Å². The average Bonchev–Trinajstić information content (AvgIpc) is 2.38. The zero-order valence-corrected chi connectivity index (χ0v) is 15.5. The molecule has 0 spiro atoms. The molecule has 1 aromatic carbocycles. The van der Waals surface area contributed by atoms with Crippen molar-refractivity contribution in [2.75, 3.05) is 26.7 Å². The smallest absolute Gasteiger partial charge is 0.123 e. The maximum absolute atomic E-state index is 6.12. The molecule has 0 radical (unpaired) electrons. The van der Waals surface area contributed by atoms with Crippen LogP contribution in [-0.4, -0.2) is 31.6 Å². The van der Waals surface area contributed by atoms with Crippen molar-refractivity contribution in [3.05, 3.63) is 28.2 Å². The molecule has 3 nitrogen and oxygen atoms in total. The van der Waals surface area contributed by atoms with Gasteiger partial charge in [0.15, 0.2) is 0 Å². The summed E-state index contributed by atoms with van der Waals surface area (Å²) in [6, 6.07) is 6.32. The van der Waals surface area contributed by atoms with Crippen LogP contribution in [0.25, 0.3) is 0 Å². The number of benzene rings is 1. The van der Waals surface area contributed by atoms with Crippen LogP contribution in [-0.2, 0) is 0 Å². The predicted octanol–water partition coefficient (Wildman–Crippen LogP) is 4.07. The van der Waals surface area contributed by atoms with Crippen LogP contribution < -0.4 is 10.5 Å². The molecule has 0 bridgehead atoms. The van der Waals surface area contributed by atoms with Crippen molar-refractivity contribution in [1.29, 1.82) is 0 Å². The Morgan fingerprint density at radius 1 is 1.14 bits per heavy atom. The third kappa shape index (κ3) is 5.61. The van der Waals surface area contributed by atoms with Gasteiger partial charge in [-0.15, -0.1) is 0 Å². The number of ether oxygens (including phenoxy) is 1. The van der Waals surface area contributed by atoms with E-state index in [1.54, 1.807) is 7.11 Å². The van der Waals surface area contributed by atoms with Crippen LogP contribution >= 0.6 is 15.9 Å². The summed E-state index contributed by atoms with van der Waals surface area (Å²) in [5.74, 6) is 2.12. The number of halogens is 1. The maximum atomic E-state index is 6.12. The number of methoxy groups -OCH3 is 1. The lowest BCUT2D eigenvalue weighted by atomic mass is 10.0. The molecular weight excluding hydrogens is 328 g/mol. The van der Waals surface area contributed by atoms with Gasteiger partial charge in [-0.2, -0.15) is 0 Å². The quantitative estimate of drug-likeness (QED) is 0.762. The molecule has 120 valence electrons. The number of hydrogen-bond acceptors (Lipinski definition) is 3. The first kappa shape index (κ1) is 18.5. The number of hydrogen-bond donors (Lipinski definition) is 1. The van der Waals surface area contributed by atoms with Crippen molar-refractivity contribution < 1.29 is 4.74 Å². The van der Waals surface area contributed by atoms with E-state index in [0.717, 1.165) is 28.9 Å². The standard InChI is InChI=1S/C17H29BrN2O/c1-12(2)10-20(11-13(3)4)16(9-19)15-8-14(18)6-7-17(15)21-5/h6-8,12-13,16H,9-11,19H2,1-5H3. The van der Waals surface area contributed by atoms with E-state index in [0.29, 0.717) is 18.4 Å². The first-order chi connectivity index (χ1) is 9.88. The largest absolute Gasteiger partial charge is 0.496 e. The zero-order valence-electron chi connectivity index (χ0n) is 13.9. The van der Waals surface area contributed by atoms with Crippen molar-refractivity contribution >= 4 is 15.9 Å². The van der Waals surface area contributed by atoms with Crippen molar-refractivity contribution in [3.63, 3.8) is 0 Å². The molecule has 0 aliphatic rings. The van der Waals surface area contributed by atoms with E-state index < -0.39 is 0 Å². The van der Waals surface area contributed by atoms with Crippen LogP contribution in [0.3, 0.4) is 0 Å². The highest BCUT2D eigenvalue weighted by molar-refractivity contribution is 9.10. The molecule has 0 aliphatic heterocycles. The van der Waals surface area contributed by atoms with E-state index in [4.69, 9.17) is 10.5 Å². The fourth-order valence-corrected chi connectivity index (χ4v) is 3.08. The molecule has 0 aliphatic carbocycles. The minimum Gasteiger partial charge on any atom is -0.496 e. The summed E-state index contributed by atoms with van der Waals surface area (Å²) in [6.45, 7) is 11.7. The van der Waals surface area contributed by atoms with E-state index in [2.05, 4.69) is 54.6 Å². The Labute approximate surface area is 138 Å². The van der Waals surface area contributed by atoms with Crippen LogP contribution in [0, 0.1) is 11.8 Å². The lowest BCUT2D eigenvalue weighted by molar-refractivity contribution is 0.157. The number of nitrogens with zero attached hydrogens (tertiary/aromatic N) is 1. The Morgan fingerprint density at radius 2 is 1.71 bits per heavy atom. The summed E-state index contributed by atoms with van der Waals surface area (Å²) in [5.41, 5.74) is 7.28. The molecule has 0 amide bonds. The van der Waals surface area contributed by atoms with Gasteiger partial charge in [0.1, 0.15) is 5.75 Å².